The molecular formula is C13H11ClOS. The Bertz CT molecular complexity index is 516. The fraction of sp³-hybridized carbons (Fsp3) is 0.154. The average molecular weight is 251 g/mol. The smallest absolute Gasteiger partial charge is 0.204 e. The molecule has 0 aliphatic heterocycles. The van der Waals surface area contributed by atoms with Gasteiger partial charge in [0.1, 0.15) is 0 Å². The fourth-order valence-electron chi connectivity index (χ4n) is 1.52. The number of halogens is 1. The minimum absolute atomic E-state index is 0.00954. The SMILES string of the molecule is CCc1cccc(C(=O)c2sccc2Cl)c1. The van der Waals surface area contributed by atoms with Crippen LogP contribution in [0.1, 0.15) is 27.7 Å². The number of aryl methyl sites for hydroxylation is 1. The van der Waals surface area contributed by atoms with Gasteiger partial charge in [0.25, 0.3) is 0 Å². The molecule has 1 nitrogen and oxygen atoms in total. The van der Waals surface area contributed by atoms with E-state index in [1.807, 2.05) is 29.6 Å². The maximum absolute atomic E-state index is 12.1. The summed E-state index contributed by atoms with van der Waals surface area (Å²) < 4.78 is 0. The van der Waals surface area contributed by atoms with Crippen molar-refractivity contribution in [2.45, 2.75) is 13.3 Å². The highest BCUT2D eigenvalue weighted by Crippen LogP contribution is 2.25. The van der Waals surface area contributed by atoms with Crippen molar-refractivity contribution in [1.29, 1.82) is 0 Å². The summed E-state index contributed by atoms with van der Waals surface area (Å²) in [6, 6.07) is 9.44. The summed E-state index contributed by atoms with van der Waals surface area (Å²) in [7, 11) is 0. The molecule has 1 aromatic heterocycles. The Morgan fingerprint density at radius 1 is 1.38 bits per heavy atom. The van der Waals surface area contributed by atoms with Gasteiger partial charge in [-0.05, 0) is 29.5 Å². The molecule has 0 fully saturated rings. The van der Waals surface area contributed by atoms with Gasteiger partial charge in [0.2, 0.25) is 5.78 Å². The number of benzene rings is 1. The Kier molecular flexibility index (Phi) is 3.42. The van der Waals surface area contributed by atoms with E-state index in [-0.39, 0.29) is 5.78 Å². The van der Waals surface area contributed by atoms with Crippen LogP contribution in [0, 0.1) is 0 Å². The van der Waals surface area contributed by atoms with Crippen molar-refractivity contribution in [3.05, 3.63) is 56.7 Å². The minimum atomic E-state index is 0.00954. The highest BCUT2D eigenvalue weighted by Gasteiger charge is 2.14. The molecule has 0 atom stereocenters. The molecule has 0 unspecified atom stereocenters. The lowest BCUT2D eigenvalue weighted by Crippen LogP contribution is -1.99. The standard InChI is InChI=1S/C13H11ClOS/c1-2-9-4-3-5-10(8-9)12(15)13-11(14)6-7-16-13/h3-8H,2H2,1H3. The normalized spacial score (nSPS) is 10.4. The Morgan fingerprint density at radius 3 is 2.81 bits per heavy atom. The number of ketones is 1. The van der Waals surface area contributed by atoms with Crippen molar-refractivity contribution in [2.75, 3.05) is 0 Å². The molecular weight excluding hydrogens is 240 g/mol. The summed E-state index contributed by atoms with van der Waals surface area (Å²) in [5.41, 5.74) is 1.88. The molecule has 0 saturated heterocycles. The molecule has 0 radical (unpaired) electrons. The molecule has 0 aliphatic rings. The first kappa shape index (κ1) is 11.4. The summed E-state index contributed by atoms with van der Waals surface area (Å²) in [5, 5.41) is 2.37. The first-order chi connectivity index (χ1) is 7.72. The second-order valence-electron chi connectivity index (χ2n) is 3.48. The van der Waals surface area contributed by atoms with Crippen LogP contribution in [-0.2, 0) is 6.42 Å². The van der Waals surface area contributed by atoms with Gasteiger partial charge in [-0.15, -0.1) is 11.3 Å². The second kappa shape index (κ2) is 4.81. The maximum Gasteiger partial charge on any atom is 0.204 e. The van der Waals surface area contributed by atoms with Crippen molar-refractivity contribution in [3.8, 4) is 0 Å². The van der Waals surface area contributed by atoms with Gasteiger partial charge in [0.05, 0.1) is 9.90 Å². The summed E-state index contributed by atoms with van der Waals surface area (Å²) in [6.45, 7) is 2.07. The van der Waals surface area contributed by atoms with E-state index in [0.717, 1.165) is 6.42 Å². The van der Waals surface area contributed by atoms with Crippen LogP contribution in [0.4, 0.5) is 0 Å². The highest BCUT2D eigenvalue weighted by molar-refractivity contribution is 7.13. The lowest BCUT2D eigenvalue weighted by molar-refractivity contribution is 0.104. The van der Waals surface area contributed by atoms with E-state index < -0.39 is 0 Å². The largest absolute Gasteiger partial charge is 0.288 e. The zero-order chi connectivity index (χ0) is 11.5. The molecule has 16 heavy (non-hydrogen) atoms. The summed E-state index contributed by atoms with van der Waals surface area (Å²) in [5.74, 6) is 0.00954. The van der Waals surface area contributed by atoms with Crippen LogP contribution in [-0.4, -0.2) is 5.78 Å². The summed E-state index contributed by atoms with van der Waals surface area (Å²) in [6.07, 6.45) is 0.930. The predicted molar refractivity (Wildman–Crippen MR) is 68.6 cm³/mol. The van der Waals surface area contributed by atoms with Crippen molar-refractivity contribution < 1.29 is 4.79 Å². The molecule has 2 rings (SSSR count). The Morgan fingerprint density at radius 2 is 2.19 bits per heavy atom. The lowest BCUT2D eigenvalue weighted by Gasteiger charge is -2.01. The number of hydrogen-bond donors (Lipinski definition) is 0. The molecule has 0 spiro atoms. The third-order valence-electron chi connectivity index (χ3n) is 2.42. The predicted octanol–water partition coefficient (Wildman–Crippen LogP) is 4.19. The molecule has 0 bridgehead atoms. The van der Waals surface area contributed by atoms with Gasteiger partial charge in [-0.1, -0.05) is 36.7 Å². The van der Waals surface area contributed by atoms with Gasteiger partial charge in [0.15, 0.2) is 0 Å². The molecule has 1 heterocycles. The van der Waals surface area contributed by atoms with E-state index in [9.17, 15) is 4.79 Å². The van der Waals surface area contributed by atoms with Crippen LogP contribution < -0.4 is 0 Å². The van der Waals surface area contributed by atoms with Crippen LogP contribution in [0.2, 0.25) is 5.02 Å². The summed E-state index contributed by atoms with van der Waals surface area (Å²) in [4.78, 5) is 12.7. The van der Waals surface area contributed by atoms with Crippen LogP contribution >= 0.6 is 22.9 Å². The van der Waals surface area contributed by atoms with Crippen molar-refractivity contribution in [2.24, 2.45) is 0 Å². The van der Waals surface area contributed by atoms with Crippen LogP contribution in [0.5, 0.6) is 0 Å². The monoisotopic (exact) mass is 250 g/mol. The maximum atomic E-state index is 12.1. The third-order valence-corrected chi connectivity index (χ3v) is 3.76. The molecule has 1 aromatic carbocycles. The molecule has 82 valence electrons. The minimum Gasteiger partial charge on any atom is -0.288 e. The van der Waals surface area contributed by atoms with E-state index in [1.54, 1.807) is 6.07 Å². The molecule has 0 aliphatic carbocycles. The van der Waals surface area contributed by atoms with E-state index >= 15 is 0 Å². The van der Waals surface area contributed by atoms with Crippen LogP contribution in [0.15, 0.2) is 35.7 Å². The topological polar surface area (TPSA) is 17.1 Å². The molecule has 2 aromatic rings. The van der Waals surface area contributed by atoms with E-state index in [0.29, 0.717) is 15.5 Å². The molecule has 3 heteroatoms. The quantitative estimate of drug-likeness (QED) is 0.747. The van der Waals surface area contributed by atoms with Crippen molar-refractivity contribution >= 4 is 28.7 Å². The zero-order valence-electron chi connectivity index (χ0n) is 8.87. The van der Waals surface area contributed by atoms with Gasteiger partial charge in [-0.2, -0.15) is 0 Å². The Balaban J connectivity index is 2.38. The van der Waals surface area contributed by atoms with E-state index in [2.05, 4.69) is 6.92 Å². The number of carbonyl (C=O) groups is 1. The number of hydrogen-bond acceptors (Lipinski definition) is 2. The highest BCUT2D eigenvalue weighted by atomic mass is 35.5. The summed E-state index contributed by atoms with van der Waals surface area (Å²) >= 11 is 7.33. The first-order valence-electron chi connectivity index (χ1n) is 5.09. The zero-order valence-corrected chi connectivity index (χ0v) is 10.4. The number of carbonyl (C=O) groups excluding carboxylic acids is 1. The van der Waals surface area contributed by atoms with Gasteiger partial charge < -0.3 is 0 Å². The van der Waals surface area contributed by atoms with Gasteiger partial charge in [-0.25, -0.2) is 0 Å². The van der Waals surface area contributed by atoms with Gasteiger partial charge in [-0.3, -0.25) is 4.79 Å². The molecule has 0 amide bonds. The van der Waals surface area contributed by atoms with E-state index in [1.165, 1.54) is 16.9 Å². The Labute approximate surface area is 104 Å². The second-order valence-corrected chi connectivity index (χ2v) is 4.80. The van der Waals surface area contributed by atoms with Crippen LogP contribution in [0.3, 0.4) is 0 Å². The van der Waals surface area contributed by atoms with Crippen molar-refractivity contribution in [3.63, 3.8) is 0 Å². The van der Waals surface area contributed by atoms with Gasteiger partial charge >= 0.3 is 0 Å². The van der Waals surface area contributed by atoms with Crippen molar-refractivity contribution in [1.82, 2.24) is 0 Å². The first-order valence-corrected chi connectivity index (χ1v) is 6.34. The molecule has 0 N–H and O–H groups in total. The lowest BCUT2D eigenvalue weighted by atomic mass is 10.1. The average Bonchev–Trinajstić information content (AvgIpc) is 2.74. The fourth-order valence-corrected chi connectivity index (χ4v) is 2.62. The Hall–Kier alpha value is -1.12. The number of rotatable bonds is 3. The van der Waals surface area contributed by atoms with Gasteiger partial charge in [0, 0.05) is 5.56 Å². The molecule has 0 saturated carbocycles. The third kappa shape index (κ3) is 2.18. The van der Waals surface area contributed by atoms with E-state index in [4.69, 9.17) is 11.6 Å². The van der Waals surface area contributed by atoms with Crippen LogP contribution in [0.25, 0.3) is 0 Å². The number of thiophene rings is 1.